The van der Waals surface area contributed by atoms with Crippen LogP contribution in [-0.2, 0) is 0 Å². The molecule has 0 aromatic carbocycles. The van der Waals surface area contributed by atoms with Crippen LogP contribution in [0.2, 0.25) is 0 Å². The third kappa shape index (κ3) is 10.5. The first-order valence-corrected chi connectivity index (χ1v) is 7.51. The molecule has 0 nitrogen and oxygen atoms in total. The van der Waals surface area contributed by atoms with E-state index in [1.165, 1.54) is 64.2 Å². The largest absolute Gasteiger partial charge is 0.0654 e. The Balaban J connectivity index is 3.04. The van der Waals surface area contributed by atoms with E-state index in [1.54, 1.807) is 0 Å². The fourth-order valence-corrected chi connectivity index (χ4v) is 2.05. The van der Waals surface area contributed by atoms with Crippen LogP contribution >= 0.6 is 0 Å². The highest BCUT2D eigenvalue weighted by atomic mass is 14.1. The van der Waals surface area contributed by atoms with E-state index >= 15 is 0 Å². The average molecular weight is 225 g/mol. The topological polar surface area (TPSA) is 0 Å². The smallest absolute Gasteiger partial charge is 0.0391 e. The van der Waals surface area contributed by atoms with Gasteiger partial charge in [-0.1, -0.05) is 85.0 Å². The van der Waals surface area contributed by atoms with E-state index in [-0.39, 0.29) is 0 Å². The third-order valence-corrected chi connectivity index (χ3v) is 3.62. The van der Waals surface area contributed by atoms with Gasteiger partial charge in [-0.2, -0.15) is 0 Å². The predicted octanol–water partition coefficient (Wildman–Crippen LogP) is 6.01. The predicted molar refractivity (Wildman–Crippen MR) is 75.5 cm³/mol. The fourth-order valence-electron chi connectivity index (χ4n) is 2.05. The summed E-state index contributed by atoms with van der Waals surface area (Å²) in [7, 11) is 0. The Morgan fingerprint density at radius 1 is 0.750 bits per heavy atom. The second kappa shape index (κ2) is 11.5. The molecule has 0 heteroatoms. The lowest BCUT2D eigenvalue weighted by atomic mass is 9.92. The average Bonchev–Trinajstić information content (AvgIpc) is 2.26. The van der Waals surface area contributed by atoms with Crippen molar-refractivity contribution < 1.29 is 0 Å². The van der Waals surface area contributed by atoms with Crippen LogP contribution in [-0.4, -0.2) is 0 Å². The van der Waals surface area contributed by atoms with Crippen molar-refractivity contribution in [3.63, 3.8) is 0 Å². The van der Waals surface area contributed by atoms with Gasteiger partial charge >= 0.3 is 0 Å². The number of hydrogen-bond donors (Lipinski definition) is 0. The second-order valence-corrected chi connectivity index (χ2v) is 5.62. The van der Waals surface area contributed by atoms with Crippen molar-refractivity contribution in [3.05, 3.63) is 6.92 Å². The van der Waals surface area contributed by atoms with Gasteiger partial charge in [0.15, 0.2) is 0 Å². The summed E-state index contributed by atoms with van der Waals surface area (Å²) in [5, 5.41) is 0. The zero-order valence-corrected chi connectivity index (χ0v) is 11.9. The molecule has 0 aliphatic carbocycles. The molecule has 0 bridgehead atoms. The molecule has 0 N–H and O–H groups in total. The van der Waals surface area contributed by atoms with Gasteiger partial charge in [0.1, 0.15) is 0 Å². The lowest BCUT2D eigenvalue weighted by Crippen LogP contribution is -2.03. The molecule has 1 atom stereocenters. The SMILES string of the molecule is [CH2]C(CCCCCCCCCCC)C(C)C. The molecular formula is C16H33. The van der Waals surface area contributed by atoms with Crippen molar-refractivity contribution >= 4 is 0 Å². The van der Waals surface area contributed by atoms with E-state index < -0.39 is 0 Å². The number of hydrogen-bond acceptors (Lipinski definition) is 0. The standard InChI is InChI=1S/C16H33/c1-5-6-7-8-9-10-11-12-13-14-16(4)15(2)3/h15-16H,4-14H2,1-3H3. The van der Waals surface area contributed by atoms with Crippen LogP contribution in [0.5, 0.6) is 0 Å². The van der Waals surface area contributed by atoms with E-state index in [0.29, 0.717) is 5.92 Å². The Morgan fingerprint density at radius 2 is 1.19 bits per heavy atom. The summed E-state index contributed by atoms with van der Waals surface area (Å²) < 4.78 is 0. The maximum atomic E-state index is 4.21. The molecule has 1 unspecified atom stereocenters. The molecule has 0 aliphatic heterocycles. The van der Waals surface area contributed by atoms with Crippen molar-refractivity contribution in [1.82, 2.24) is 0 Å². The maximum Gasteiger partial charge on any atom is -0.0391 e. The second-order valence-electron chi connectivity index (χ2n) is 5.62. The van der Waals surface area contributed by atoms with E-state index in [2.05, 4.69) is 27.7 Å². The highest BCUT2D eigenvalue weighted by Gasteiger charge is 2.05. The summed E-state index contributed by atoms with van der Waals surface area (Å²) >= 11 is 0. The van der Waals surface area contributed by atoms with Gasteiger partial charge in [0.05, 0.1) is 0 Å². The van der Waals surface area contributed by atoms with Crippen molar-refractivity contribution in [1.29, 1.82) is 0 Å². The molecule has 0 saturated carbocycles. The Morgan fingerprint density at radius 3 is 1.62 bits per heavy atom. The van der Waals surface area contributed by atoms with Gasteiger partial charge in [0.2, 0.25) is 0 Å². The minimum atomic E-state index is 0.671. The minimum absolute atomic E-state index is 0.671. The summed E-state index contributed by atoms with van der Waals surface area (Å²) in [6.45, 7) is 11.1. The van der Waals surface area contributed by atoms with Gasteiger partial charge in [-0.05, 0) is 18.8 Å². The first-order valence-electron chi connectivity index (χ1n) is 7.51. The number of rotatable bonds is 11. The third-order valence-electron chi connectivity index (χ3n) is 3.62. The molecule has 0 heterocycles. The quantitative estimate of drug-likeness (QED) is 0.377. The van der Waals surface area contributed by atoms with Crippen molar-refractivity contribution in [2.45, 2.75) is 85.0 Å². The molecule has 0 rings (SSSR count). The first kappa shape index (κ1) is 16.0. The van der Waals surface area contributed by atoms with E-state index in [1.807, 2.05) is 0 Å². The molecule has 1 radical (unpaired) electrons. The van der Waals surface area contributed by atoms with E-state index in [9.17, 15) is 0 Å². The van der Waals surface area contributed by atoms with Crippen LogP contribution in [0.15, 0.2) is 0 Å². The van der Waals surface area contributed by atoms with Crippen LogP contribution in [0.4, 0.5) is 0 Å². The van der Waals surface area contributed by atoms with Crippen LogP contribution in [0.3, 0.4) is 0 Å². The van der Waals surface area contributed by atoms with Crippen molar-refractivity contribution in [2.75, 3.05) is 0 Å². The summed E-state index contributed by atoms with van der Waals surface area (Å²) in [6, 6.07) is 0. The van der Waals surface area contributed by atoms with Crippen molar-refractivity contribution in [2.24, 2.45) is 11.8 Å². The van der Waals surface area contributed by atoms with Crippen LogP contribution in [0.25, 0.3) is 0 Å². The van der Waals surface area contributed by atoms with Gasteiger partial charge in [-0.15, -0.1) is 0 Å². The highest BCUT2D eigenvalue weighted by molar-refractivity contribution is 4.64. The lowest BCUT2D eigenvalue weighted by Gasteiger charge is -2.14. The van der Waals surface area contributed by atoms with E-state index in [4.69, 9.17) is 0 Å². The highest BCUT2D eigenvalue weighted by Crippen LogP contribution is 2.18. The zero-order chi connectivity index (χ0) is 12.2. The van der Waals surface area contributed by atoms with Gasteiger partial charge < -0.3 is 0 Å². The summed E-state index contributed by atoms with van der Waals surface area (Å²) in [5.74, 6) is 1.43. The summed E-state index contributed by atoms with van der Waals surface area (Å²) in [5.41, 5.74) is 0. The van der Waals surface area contributed by atoms with Crippen LogP contribution in [0.1, 0.15) is 85.0 Å². The molecule has 0 saturated heterocycles. The molecule has 0 aromatic heterocycles. The van der Waals surface area contributed by atoms with Crippen LogP contribution in [0, 0.1) is 18.8 Å². The Bertz CT molecular complexity index is 126. The molecule has 0 spiro atoms. The normalized spacial score (nSPS) is 13.3. The van der Waals surface area contributed by atoms with Gasteiger partial charge in [-0.25, -0.2) is 0 Å². The maximum absolute atomic E-state index is 4.21. The Kier molecular flexibility index (Phi) is 11.5. The molecule has 0 fully saturated rings. The zero-order valence-electron chi connectivity index (χ0n) is 11.9. The molecular weight excluding hydrogens is 192 g/mol. The van der Waals surface area contributed by atoms with Crippen molar-refractivity contribution in [3.8, 4) is 0 Å². The molecule has 0 aromatic rings. The Hall–Kier alpha value is 0. The van der Waals surface area contributed by atoms with Gasteiger partial charge in [0.25, 0.3) is 0 Å². The lowest BCUT2D eigenvalue weighted by molar-refractivity contribution is 0.410. The first-order chi connectivity index (χ1) is 7.68. The van der Waals surface area contributed by atoms with Gasteiger partial charge in [-0.3, -0.25) is 0 Å². The molecule has 0 aliphatic rings. The monoisotopic (exact) mass is 225 g/mol. The Labute approximate surface area is 104 Å². The molecule has 0 amide bonds. The summed E-state index contributed by atoms with van der Waals surface area (Å²) in [6.07, 6.45) is 14.2. The fraction of sp³-hybridized carbons (Fsp3) is 0.938. The number of unbranched alkanes of at least 4 members (excludes halogenated alkanes) is 8. The van der Waals surface area contributed by atoms with Gasteiger partial charge in [0, 0.05) is 0 Å². The minimum Gasteiger partial charge on any atom is -0.0654 e. The summed E-state index contributed by atoms with van der Waals surface area (Å²) in [4.78, 5) is 0. The molecule has 16 heavy (non-hydrogen) atoms. The molecule has 97 valence electrons. The van der Waals surface area contributed by atoms with Crippen LogP contribution < -0.4 is 0 Å². The van der Waals surface area contributed by atoms with E-state index in [0.717, 1.165) is 5.92 Å².